The minimum absolute atomic E-state index is 0.00669. The summed E-state index contributed by atoms with van der Waals surface area (Å²) in [7, 11) is 0. The van der Waals surface area contributed by atoms with Gasteiger partial charge < -0.3 is 15.2 Å². The molecule has 0 saturated carbocycles. The number of aliphatic hydroxyl groups excluding tert-OH is 1. The lowest BCUT2D eigenvalue weighted by molar-refractivity contribution is 0.0992. The highest BCUT2D eigenvalue weighted by Gasteiger charge is 2.09. The summed E-state index contributed by atoms with van der Waals surface area (Å²) < 4.78 is 7.00. The molecule has 0 radical (unpaired) electrons. The molecule has 2 aromatic heterocycles. The molecule has 0 aliphatic carbocycles. The molecule has 1 aromatic carbocycles. The summed E-state index contributed by atoms with van der Waals surface area (Å²) in [5.74, 6) is 3.82. The van der Waals surface area contributed by atoms with E-state index in [1.54, 1.807) is 23.3 Å². The van der Waals surface area contributed by atoms with Crippen LogP contribution in [0, 0.1) is 12.3 Å². The van der Waals surface area contributed by atoms with Crippen LogP contribution in [0.25, 0.3) is 16.9 Å². The van der Waals surface area contributed by atoms with Gasteiger partial charge >= 0.3 is 0 Å². The fourth-order valence-electron chi connectivity index (χ4n) is 2.24. The predicted octanol–water partition coefficient (Wildman–Crippen LogP) is 1.22. The standard InChI is InChI=1S/C17H17N5O2/c1-2-13-3-4-15-14(11-13)16(19-6-9-24-10-8-23)21-17(20-15)22-7-5-18-12-22/h1,3-5,7,11-12,23H,6,8-10H2,(H,19,20,21). The molecular formula is C17H17N5O2. The Morgan fingerprint density at radius 3 is 2.96 bits per heavy atom. The zero-order valence-electron chi connectivity index (χ0n) is 13.0. The Morgan fingerprint density at radius 2 is 2.21 bits per heavy atom. The third kappa shape index (κ3) is 3.51. The lowest BCUT2D eigenvalue weighted by Crippen LogP contribution is -2.13. The first-order valence-electron chi connectivity index (χ1n) is 7.51. The van der Waals surface area contributed by atoms with Gasteiger partial charge in [0.25, 0.3) is 0 Å². The Balaban J connectivity index is 1.94. The smallest absolute Gasteiger partial charge is 0.237 e. The van der Waals surface area contributed by atoms with E-state index < -0.39 is 0 Å². The highest BCUT2D eigenvalue weighted by molar-refractivity contribution is 5.90. The number of nitrogens with zero attached hydrogens (tertiary/aromatic N) is 4. The number of terminal acetylenes is 1. The van der Waals surface area contributed by atoms with Crippen LogP contribution in [0.15, 0.2) is 36.9 Å². The molecule has 0 aliphatic heterocycles. The van der Waals surface area contributed by atoms with Crippen LogP contribution in [-0.2, 0) is 4.74 Å². The number of hydrogen-bond acceptors (Lipinski definition) is 6. The van der Waals surface area contributed by atoms with Gasteiger partial charge in [-0.05, 0) is 18.2 Å². The van der Waals surface area contributed by atoms with E-state index >= 15 is 0 Å². The van der Waals surface area contributed by atoms with Gasteiger partial charge in [-0.25, -0.2) is 9.97 Å². The first-order valence-corrected chi connectivity index (χ1v) is 7.51. The largest absolute Gasteiger partial charge is 0.394 e. The number of aromatic nitrogens is 4. The van der Waals surface area contributed by atoms with Crippen LogP contribution >= 0.6 is 0 Å². The van der Waals surface area contributed by atoms with Gasteiger partial charge in [-0.1, -0.05) is 5.92 Å². The van der Waals surface area contributed by atoms with Gasteiger partial charge in [0.15, 0.2) is 0 Å². The number of aliphatic hydroxyl groups is 1. The van der Waals surface area contributed by atoms with E-state index in [2.05, 4.69) is 26.2 Å². The number of fused-ring (bicyclic) bond motifs is 1. The third-order valence-corrected chi connectivity index (χ3v) is 3.36. The molecule has 3 aromatic rings. The van der Waals surface area contributed by atoms with Crippen LogP contribution in [0.5, 0.6) is 0 Å². The molecule has 0 atom stereocenters. The second-order valence-electron chi connectivity index (χ2n) is 4.98. The van der Waals surface area contributed by atoms with E-state index in [0.717, 1.165) is 16.5 Å². The normalized spacial score (nSPS) is 10.7. The molecule has 0 amide bonds. The summed E-state index contributed by atoms with van der Waals surface area (Å²) in [6, 6.07) is 5.60. The molecule has 0 fully saturated rings. The van der Waals surface area contributed by atoms with Gasteiger partial charge in [-0.3, -0.25) is 4.57 Å². The quantitative estimate of drug-likeness (QED) is 0.502. The van der Waals surface area contributed by atoms with E-state index in [0.29, 0.717) is 31.5 Å². The van der Waals surface area contributed by atoms with Gasteiger partial charge in [0.2, 0.25) is 5.95 Å². The van der Waals surface area contributed by atoms with Crippen LogP contribution in [-0.4, -0.2) is 51.0 Å². The van der Waals surface area contributed by atoms with Crippen LogP contribution < -0.4 is 5.32 Å². The lowest BCUT2D eigenvalue weighted by Gasteiger charge is -2.11. The number of benzene rings is 1. The van der Waals surface area contributed by atoms with Crippen molar-refractivity contribution in [3.63, 3.8) is 0 Å². The first-order chi connectivity index (χ1) is 11.8. The monoisotopic (exact) mass is 323 g/mol. The molecular weight excluding hydrogens is 306 g/mol. The molecule has 2 N–H and O–H groups in total. The number of imidazole rings is 1. The third-order valence-electron chi connectivity index (χ3n) is 3.36. The molecule has 0 saturated heterocycles. The highest BCUT2D eigenvalue weighted by atomic mass is 16.5. The van der Waals surface area contributed by atoms with E-state index in [1.807, 2.05) is 18.2 Å². The summed E-state index contributed by atoms with van der Waals surface area (Å²) in [5, 5.41) is 12.8. The second kappa shape index (κ2) is 7.55. The molecule has 2 heterocycles. The van der Waals surface area contributed by atoms with Gasteiger partial charge in [0.1, 0.15) is 12.1 Å². The fourth-order valence-corrected chi connectivity index (χ4v) is 2.24. The van der Waals surface area contributed by atoms with Gasteiger partial charge in [-0.2, -0.15) is 4.98 Å². The Morgan fingerprint density at radius 1 is 1.29 bits per heavy atom. The SMILES string of the molecule is C#Cc1ccc2nc(-n3ccnc3)nc(NCCOCCO)c2c1. The Labute approximate surface area is 139 Å². The second-order valence-corrected chi connectivity index (χ2v) is 4.98. The molecule has 7 nitrogen and oxygen atoms in total. The van der Waals surface area contributed by atoms with Crippen molar-refractivity contribution in [2.24, 2.45) is 0 Å². The van der Waals surface area contributed by atoms with Crippen molar-refractivity contribution < 1.29 is 9.84 Å². The lowest BCUT2D eigenvalue weighted by atomic mass is 10.1. The minimum Gasteiger partial charge on any atom is -0.394 e. The molecule has 24 heavy (non-hydrogen) atoms. The van der Waals surface area contributed by atoms with Crippen LogP contribution in [0.1, 0.15) is 5.56 Å². The summed E-state index contributed by atoms with van der Waals surface area (Å²) in [5.41, 5.74) is 1.55. The van der Waals surface area contributed by atoms with Crippen molar-refractivity contribution in [3.8, 4) is 18.3 Å². The number of hydrogen-bond donors (Lipinski definition) is 2. The maximum Gasteiger partial charge on any atom is 0.237 e. The zero-order chi connectivity index (χ0) is 16.8. The topological polar surface area (TPSA) is 85.1 Å². The summed E-state index contributed by atoms with van der Waals surface area (Å²) >= 11 is 0. The average molecular weight is 323 g/mol. The number of rotatable bonds is 7. The molecule has 122 valence electrons. The average Bonchev–Trinajstić information content (AvgIpc) is 3.15. The first kappa shape index (κ1) is 15.9. The van der Waals surface area contributed by atoms with Crippen LogP contribution in [0.4, 0.5) is 5.82 Å². The van der Waals surface area contributed by atoms with Crippen molar-refractivity contribution in [2.75, 3.05) is 31.7 Å². The van der Waals surface area contributed by atoms with Crippen LogP contribution in [0.2, 0.25) is 0 Å². The minimum atomic E-state index is 0.00669. The maximum atomic E-state index is 8.73. The molecule has 0 unspecified atom stereocenters. The summed E-state index contributed by atoms with van der Waals surface area (Å²) in [6.45, 7) is 1.33. The number of ether oxygens (including phenoxy) is 1. The van der Waals surface area contributed by atoms with E-state index in [9.17, 15) is 0 Å². The summed E-state index contributed by atoms with van der Waals surface area (Å²) in [6.07, 6.45) is 10.6. The number of nitrogens with one attached hydrogen (secondary N) is 1. The van der Waals surface area contributed by atoms with E-state index in [-0.39, 0.29) is 6.61 Å². The molecule has 0 bridgehead atoms. The molecule has 7 heteroatoms. The van der Waals surface area contributed by atoms with Crippen molar-refractivity contribution in [3.05, 3.63) is 42.5 Å². The van der Waals surface area contributed by atoms with Gasteiger partial charge in [-0.15, -0.1) is 6.42 Å². The van der Waals surface area contributed by atoms with Crippen molar-refractivity contribution in [1.82, 2.24) is 19.5 Å². The highest BCUT2D eigenvalue weighted by Crippen LogP contribution is 2.22. The van der Waals surface area contributed by atoms with E-state index in [1.165, 1.54) is 0 Å². The zero-order valence-corrected chi connectivity index (χ0v) is 13.0. The molecule has 0 spiro atoms. The predicted molar refractivity (Wildman–Crippen MR) is 91.0 cm³/mol. The van der Waals surface area contributed by atoms with Crippen molar-refractivity contribution in [1.29, 1.82) is 0 Å². The van der Waals surface area contributed by atoms with Crippen LogP contribution in [0.3, 0.4) is 0 Å². The Hall–Kier alpha value is -2.95. The van der Waals surface area contributed by atoms with E-state index in [4.69, 9.17) is 16.3 Å². The fraction of sp³-hybridized carbons (Fsp3) is 0.235. The molecule has 3 rings (SSSR count). The Kier molecular flexibility index (Phi) is 5.01. The van der Waals surface area contributed by atoms with Crippen molar-refractivity contribution >= 4 is 16.7 Å². The Bertz CT molecular complexity index is 855. The van der Waals surface area contributed by atoms with Gasteiger partial charge in [0, 0.05) is 29.9 Å². The maximum absolute atomic E-state index is 8.73. The molecule has 0 aliphatic rings. The van der Waals surface area contributed by atoms with Crippen molar-refractivity contribution in [2.45, 2.75) is 0 Å². The van der Waals surface area contributed by atoms with Gasteiger partial charge in [0.05, 0.1) is 25.3 Å². The summed E-state index contributed by atoms with van der Waals surface area (Å²) in [4.78, 5) is 13.1. The number of anilines is 1.